The van der Waals surface area contributed by atoms with Gasteiger partial charge in [-0.3, -0.25) is 0 Å². The van der Waals surface area contributed by atoms with Crippen LogP contribution in [0.5, 0.6) is 0 Å². The number of aryl methyl sites for hydroxylation is 1. The molecule has 1 aromatic heterocycles. The number of ether oxygens (including phenoxy) is 1. The lowest BCUT2D eigenvalue weighted by molar-refractivity contribution is 0.0842. The monoisotopic (exact) mass is 261 g/mol. The van der Waals surface area contributed by atoms with Crippen molar-refractivity contribution in [3.8, 4) is 0 Å². The minimum absolute atomic E-state index is 0.0614. The first kappa shape index (κ1) is 13.0. The smallest absolute Gasteiger partial charge is 0.136 e. The van der Waals surface area contributed by atoms with Crippen molar-refractivity contribution in [3.63, 3.8) is 0 Å². The minimum atomic E-state index is 0.0614. The van der Waals surface area contributed by atoms with Crippen LogP contribution in [0.4, 0.5) is 0 Å². The highest BCUT2D eigenvalue weighted by Crippen LogP contribution is 2.41. The third-order valence-corrected chi connectivity index (χ3v) is 4.69. The maximum Gasteiger partial charge on any atom is 0.136 e. The van der Waals surface area contributed by atoms with E-state index in [0.717, 1.165) is 50.4 Å². The van der Waals surface area contributed by atoms with Crippen molar-refractivity contribution in [1.82, 2.24) is 9.97 Å². The highest BCUT2D eigenvalue weighted by Gasteiger charge is 2.40. The molecule has 4 heteroatoms. The molecule has 0 bridgehead atoms. The van der Waals surface area contributed by atoms with Crippen molar-refractivity contribution in [3.05, 3.63) is 23.3 Å². The maximum atomic E-state index is 5.98. The maximum absolute atomic E-state index is 5.98. The van der Waals surface area contributed by atoms with Gasteiger partial charge in [-0.1, -0.05) is 6.42 Å². The van der Waals surface area contributed by atoms with Gasteiger partial charge >= 0.3 is 0 Å². The standard InChI is InChI=1S/C15H23N3O/c1-11-9-13(12-3-7-19-8-4-12)18-14(17-11)15(10-16)5-2-6-15/h9,12H,2-8,10,16H2,1H3. The second kappa shape index (κ2) is 5.17. The van der Waals surface area contributed by atoms with Crippen LogP contribution < -0.4 is 5.73 Å². The highest BCUT2D eigenvalue weighted by molar-refractivity contribution is 5.21. The molecule has 2 heterocycles. The summed E-state index contributed by atoms with van der Waals surface area (Å²) in [6.45, 7) is 4.44. The molecule has 0 atom stereocenters. The lowest BCUT2D eigenvalue weighted by atomic mass is 9.68. The van der Waals surface area contributed by atoms with Crippen molar-refractivity contribution >= 4 is 0 Å². The van der Waals surface area contributed by atoms with Crippen LogP contribution in [0.1, 0.15) is 55.2 Å². The SMILES string of the molecule is Cc1cc(C2CCOCC2)nc(C2(CN)CCC2)n1. The largest absolute Gasteiger partial charge is 0.381 e. The highest BCUT2D eigenvalue weighted by atomic mass is 16.5. The average Bonchev–Trinajstić information content (AvgIpc) is 2.39. The third-order valence-electron chi connectivity index (χ3n) is 4.69. The summed E-state index contributed by atoms with van der Waals surface area (Å²) < 4.78 is 5.44. The molecule has 1 aliphatic carbocycles. The molecule has 2 N–H and O–H groups in total. The molecule has 2 fully saturated rings. The lowest BCUT2D eigenvalue weighted by Crippen LogP contribution is -2.43. The number of hydrogen-bond acceptors (Lipinski definition) is 4. The van der Waals surface area contributed by atoms with Crippen LogP contribution in [-0.4, -0.2) is 29.7 Å². The van der Waals surface area contributed by atoms with Gasteiger partial charge in [0.2, 0.25) is 0 Å². The third kappa shape index (κ3) is 2.39. The van der Waals surface area contributed by atoms with Gasteiger partial charge in [0.25, 0.3) is 0 Å². The minimum Gasteiger partial charge on any atom is -0.381 e. The van der Waals surface area contributed by atoms with E-state index in [0.29, 0.717) is 12.5 Å². The fourth-order valence-corrected chi connectivity index (χ4v) is 3.16. The Bertz CT molecular complexity index is 445. The molecule has 19 heavy (non-hydrogen) atoms. The van der Waals surface area contributed by atoms with E-state index in [1.165, 1.54) is 12.1 Å². The first-order valence-electron chi connectivity index (χ1n) is 7.37. The van der Waals surface area contributed by atoms with Crippen LogP contribution in [0.25, 0.3) is 0 Å². The average molecular weight is 261 g/mol. The Morgan fingerprint density at radius 2 is 2.05 bits per heavy atom. The predicted molar refractivity (Wildman–Crippen MR) is 74.1 cm³/mol. The molecule has 1 saturated heterocycles. The van der Waals surface area contributed by atoms with Gasteiger partial charge in [-0.15, -0.1) is 0 Å². The number of hydrogen-bond donors (Lipinski definition) is 1. The molecule has 1 aliphatic heterocycles. The molecule has 2 aliphatic rings. The van der Waals surface area contributed by atoms with Crippen molar-refractivity contribution < 1.29 is 4.74 Å². The summed E-state index contributed by atoms with van der Waals surface area (Å²) in [4.78, 5) is 9.55. The molecule has 1 saturated carbocycles. The van der Waals surface area contributed by atoms with E-state index >= 15 is 0 Å². The lowest BCUT2D eigenvalue weighted by Gasteiger charge is -2.39. The molecule has 0 amide bonds. The van der Waals surface area contributed by atoms with E-state index < -0.39 is 0 Å². The van der Waals surface area contributed by atoms with Crippen LogP contribution in [0.2, 0.25) is 0 Å². The van der Waals surface area contributed by atoms with Crippen LogP contribution in [0, 0.1) is 6.92 Å². The Labute approximate surface area is 114 Å². The molecule has 0 radical (unpaired) electrons. The van der Waals surface area contributed by atoms with Crippen molar-refractivity contribution in [2.45, 2.75) is 50.4 Å². The Hall–Kier alpha value is -1.00. The molecular weight excluding hydrogens is 238 g/mol. The first-order valence-corrected chi connectivity index (χ1v) is 7.37. The summed E-state index contributed by atoms with van der Waals surface area (Å²) in [5.74, 6) is 1.52. The van der Waals surface area contributed by atoms with Gasteiger partial charge in [0.1, 0.15) is 5.82 Å². The van der Waals surface area contributed by atoms with E-state index in [1.54, 1.807) is 0 Å². The molecular formula is C15H23N3O. The van der Waals surface area contributed by atoms with Crippen molar-refractivity contribution in [2.24, 2.45) is 5.73 Å². The molecule has 1 aromatic rings. The number of rotatable bonds is 3. The Morgan fingerprint density at radius 1 is 1.32 bits per heavy atom. The quantitative estimate of drug-likeness (QED) is 0.904. The molecule has 0 unspecified atom stereocenters. The van der Waals surface area contributed by atoms with Gasteiger partial charge in [0.05, 0.1) is 0 Å². The Kier molecular flexibility index (Phi) is 3.54. The van der Waals surface area contributed by atoms with Crippen LogP contribution in [0.3, 0.4) is 0 Å². The zero-order valence-corrected chi connectivity index (χ0v) is 11.7. The van der Waals surface area contributed by atoms with E-state index in [4.69, 9.17) is 15.5 Å². The fourth-order valence-electron chi connectivity index (χ4n) is 3.16. The molecule has 0 aromatic carbocycles. The summed E-state index contributed by atoms with van der Waals surface area (Å²) in [5, 5.41) is 0. The van der Waals surface area contributed by atoms with Crippen LogP contribution in [0.15, 0.2) is 6.07 Å². The summed E-state index contributed by atoms with van der Waals surface area (Å²) in [6, 6.07) is 2.14. The zero-order valence-electron chi connectivity index (χ0n) is 11.7. The van der Waals surface area contributed by atoms with Crippen molar-refractivity contribution in [1.29, 1.82) is 0 Å². The summed E-state index contributed by atoms with van der Waals surface area (Å²) in [7, 11) is 0. The van der Waals surface area contributed by atoms with E-state index in [2.05, 4.69) is 18.0 Å². The van der Waals surface area contributed by atoms with Gasteiger partial charge in [-0.2, -0.15) is 0 Å². The molecule has 104 valence electrons. The number of nitrogens with two attached hydrogens (primary N) is 1. The van der Waals surface area contributed by atoms with E-state index in [9.17, 15) is 0 Å². The molecule has 3 rings (SSSR count). The van der Waals surface area contributed by atoms with Crippen LogP contribution >= 0.6 is 0 Å². The normalized spacial score (nSPS) is 23.1. The second-order valence-electron chi connectivity index (χ2n) is 5.98. The number of aromatic nitrogens is 2. The molecule has 0 spiro atoms. The van der Waals surface area contributed by atoms with Gasteiger partial charge in [-0.25, -0.2) is 9.97 Å². The van der Waals surface area contributed by atoms with Crippen molar-refractivity contribution in [2.75, 3.05) is 19.8 Å². The summed E-state index contributed by atoms with van der Waals surface area (Å²) in [5.41, 5.74) is 8.32. The van der Waals surface area contributed by atoms with Crippen LogP contribution in [-0.2, 0) is 10.2 Å². The Balaban J connectivity index is 1.91. The topological polar surface area (TPSA) is 61.0 Å². The number of nitrogens with zero attached hydrogens (tertiary/aromatic N) is 2. The van der Waals surface area contributed by atoms with Gasteiger partial charge in [-0.05, 0) is 38.7 Å². The van der Waals surface area contributed by atoms with E-state index in [1.807, 2.05) is 0 Å². The summed E-state index contributed by atoms with van der Waals surface area (Å²) in [6.07, 6.45) is 5.68. The second-order valence-corrected chi connectivity index (χ2v) is 5.98. The predicted octanol–water partition coefficient (Wildman–Crippen LogP) is 2.06. The van der Waals surface area contributed by atoms with Gasteiger partial charge < -0.3 is 10.5 Å². The Morgan fingerprint density at radius 3 is 2.63 bits per heavy atom. The summed E-state index contributed by atoms with van der Waals surface area (Å²) >= 11 is 0. The molecule has 4 nitrogen and oxygen atoms in total. The van der Waals surface area contributed by atoms with E-state index in [-0.39, 0.29) is 5.41 Å². The van der Waals surface area contributed by atoms with Gasteiger partial charge in [0, 0.05) is 42.5 Å². The van der Waals surface area contributed by atoms with Gasteiger partial charge in [0.15, 0.2) is 0 Å². The zero-order chi connectivity index (χ0) is 13.3. The fraction of sp³-hybridized carbons (Fsp3) is 0.733. The first-order chi connectivity index (χ1) is 9.23.